The molecule has 2 aromatic rings. The predicted octanol–water partition coefficient (Wildman–Crippen LogP) is 2.08. The zero-order valence-electron chi connectivity index (χ0n) is 15.0. The molecule has 25 heavy (non-hydrogen) atoms. The molecule has 1 aromatic carbocycles. The molecule has 6 nitrogen and oxygen atoms in total. The summed E-state index contributed by atoms with van der Waals surface area (Å²) >= 11 is 0. The van der Waals surface area contributed by atoms with Crippen LogP contribution in [0.5, 0.6) is 0 Å². The van der Waals surface area contributed by atoms with E-state index in [9.17, 15) is 9.90 Å². The van der Waals surface area contributed by atoms with Crippen LogP contribution in [0.25, 0.3) is 0 Å². The molecule has 1 amide bonds. The van der Waals surface area contributed by atoms with Gasteiger partial charge in [-0.2, -0.15) is 5.10 Å². The Morgan fingerprint density at radius 1 is 1.36 bits per heavy atom. The third-order valence-corrected chi connectivity index (χ3v) is 4.57. The lowest BCUT2D eigenvalue weighted by atomic mass is 9.99. The Balaban J connectivity index is 1.92. The molecule has 0 bridgehead atoms. The average molecular weight is 343 g/mol. The van der Waals surface area contributed by atoms with Crippen LogP contribution in [0, 0.1) is 0 Å². The van der Waals surface area contributed by atoms with Crippen LogP contribution < -0.4 is 0 Å². The SMILES string of the molecule is C[C@@H]1Cc2c(nn(C)c2C(=O)N(CCO)Cc2ccccc2)[C@H](C)O1. The number of aliphatic hydroxyl groups is 1. The van der Waals surface area contributed by atoms with E-state index in [4.69, 9.17) is 4.74 Å². The van der Waals surface area contributed by atoms with E-state index in [1.165, 1.54) is 0 Å². The maximum atomic E-state index is 13.2. The van der Waals surface area contributed by atoms with E-state index in [-0.39, 0.29) is 31.3 Å². The minimum Gasteiger partial charge on any atom is -0.395 e. The predicted molar refractivity (Wildman–Crippen MR) is 94.1 cm³/mol. The number of benzene rings is 1. The van der Waals surface area contributed by atoms with Crippen molar-refractivity contribution in [1.29, 1.82) is 0 Å². The molecular formula is C19H25N3O3. The van der Waals surface area contributed by atoms with Gasteiger partial charge >= 0.3 is 0 Å². The number of carbonyl (C=O) groups is 1. The fourth-order valence-electron chi connectivity index (χ4n) is 3.46. The Morgan fingerprint density at radius 3 is 2.76 bits per heavy atom. The van der Waals surface area contributed by atoms with Crippen LogP contribution in [0.3, 0.4) is 0 Å². The molecule has 0 saturated carbocycles. The molecule has 0 saturated heterocycles. The smallest absolute Gasteiger partial charge is 0.272 e. The van der Waals surface area contributed by atoms with Crippen molar-refractivity contribution in [2.24, 2.45) is 7.05 Å². The quantitative estimate of drug-likeness (QED) is 0.902. The van der Waals surface area contributed by atoms with Crippen LogP contribution in [0.15, 0.2) is 30.3 Å². The van der Waals surface area contributed by atoms with E-state index in [2.05, 4.69) is 5.10 Å². The van der Waals surface area contributed by atoms with Crippen molar-refractivity contribution in [2.75, 3.05) is 13.2 Å². The minimum absolute atomic E-state index is 0.0543. The topological polar surface area (TPSA) is 67.6 Å². The highest BCUT2D eigenvalue weighted by Gasteiger charge is 2.32. The summed E-state index contributed by atoms with van der Waals surface area (Å²) in [5.74, 6) is -0.101. The number of nitrogens with zero attached hydrogens (tertiary/aromatic N) is 3. The van der Waals surface area contributed by atoms with Crippen LogP contribution >= 0.6 is 0 Å². The van der Waals surface area contributed by atoms with Crippen LogP contribution in [0.2, 0.25) is 0 Å². The van der Waals surface area contributed by atoms with Gasteiger partial charge in [-0.05, 0) is 19.4 Å². The molecule has 6 heteroatoms. The summed E-state index contributed by atoms with van der Waals surface area (Å²) in [5, 5.41) is 13.9. The van der Waals surface area contributed by atoms with Crippen LogP contribution in [-0.2, 0) is 24.8 Å². The van der Waals surface area contributed by atoms with Gasteiger partial charge < -0.3 is 14.7 Å². The number of hydrogen-bond donors (Lipinski definition) is 1. The molecule has 0 unspecified atom stereocenters. The van der Waals surface area contributed by atoms with E-state index in [0.717, 1.165) is 16.8 Å². The molecule has 1 N–H and O–H groups in total. The van der Waals surface area contributed by atoms with Gasteiger partial charge in [-0.25, -0.2) is 0 Å². The van der Waals surface area contributed by atoms with Crippen LogP contribution in [0.4, 0.5) is 0 Å². The maximum absolute atomic E-state index is 13.2. The summed E-state index contributed by atoms with van der Waals surface area (Å²) < 4.78 is 7.48. The van der Waals surface area contributed by atoms with E-state index in [1.807, 2.05) is 44.2 Å². The monoisotopic (exact) mass is 343 g/mol. The van der Waals surface area contributed by atoms with Crippen LogP contribution in [0.1, 0.15) is 47.3 Å². The zero-order valence-corrected chi connectivity index (χ0v) is 15.0. The third kappa shape index (κ3) is 3.60. The largest absolute Gasteiger partial charge is 0.395 e. The van der Waals surface area contributed by atoms with Crippen molar-refractivity contribution in [2.45, 2.75) is 39.0 Å². The average Bonchev–Trinajstić information content (AvgIpc) is 2.91. The van der Waals surface area contributed by atoms with Gasteiger partial charge in [-0.1, -0.05) is 30.3 Å². The zero-order chi connectivity index (χ0) is 18.0. The lowest BCUT2D eigenvalue weighted by molar-refractivity contribution is -0.00715. The molecule has 1 aromatic heterocycles. The number of rotatable bonds is 5. The number of aryl methyl sites for hydroxylation is 1. The molecule has 2 atom stereocenters. The van der Waals surface area contributed by atoms with E-state index in [0.29, 0.717) is 18.7 Å². The summed E-state index contributed by atoms with van der Waals surface area (Å²) in [7, 11) is 1.79. The second-order valence-electron chi connectivity index (χ2n) is 6.56. The summed E-state index contributed by atoms with van der Waals surface area (Å²) in [5.41, 5.74) is 3.44. The Kier molecular flexibility index (Phi) is 5.20. The highest BCUT2D eigenvalue weighted by Crippen LogP contribution is 2.31. The molecule has 0 aliphatic carbocycles. The molecule has 1 aliphatic rings. The first-order valence-corrected chi connectivity index (χ1v) is 8.66. The van der Waals surface area contributed by atoms with Crippen molar-refractivity contribution in [3.05, 3.63) is 52.8 Å². The lowest BCUT2D eigenvalue weighted by Crippen LogP contribution is -2.35. The van der Waals surface area contributed by atoms with Gasteiger partial charge in [0.05, 0.1) is 24.5 Å². The third-order valence-electron chi connectivity index (χ3n) is 4.57. The number of aliphatic hydroxyl groups excluding tert-OH is 1. The molecule has 0 radical (unpaired) electrons. The van der Waals surface area contributed by atoms with Gasteiger partial charge in [0, 0.05) is 32.1 Å². The number of fused-ring (bicyclic) bond motifs is 1. The van der Waals surface area contributed by atoms with Gasteiger partial charge in [0.15, 0.2) is 0 Å². The highest BCUT2D eigenvalue weighted by molar-refractivity contribution is 5.94. The first-order chi connectivity index (χ1) is 12.0. The summed E-state index contributed by atoms with van der Waals surface area (Å²) in [6, 6.07) is 9.80. The van der Waals surface area contributed by atoms with Gasteiger partial charge in [-0.15, -0.1) is 0 Å². The van der Waals surface area contributed by atoms with E-state index in [1.54, 1.807) is 16.6 Å². The van der Waals surface area contributed by atoms with E-state index >= 15 is 0 Å². The van der Waals surface area contributed by atoms with Crippen molar-refractivity contribution < 1.29 is 14.6 Å². The number of aromatic nitrogens is 2. The van der Waals surface area contributed by atoms with Crippen molar-refractivity contribution in [3.8, 4) is 0 Å². The number of hydrogen-bond acceptors (Lipinski definition) is 4. The molecule has 0 fully saturated rings. The van der Waals surface area contributed by atoms with E-state index < -0.39 is 0 Å². The normalized spacial score (nSPS) is 19.5. The van der Waals surface area contributed by atoms with Gasteiger partial charge in [-0.3, -0.25) is 9.48 Å². The minimum atomic E-state index is -0.119. The fraction of sp³-hybridized carbons (Fsp3) is 0.474. The summed E-state index contributed by atoms with van der Waals surface area (Å²) in [6.07, 6.45) is 0.609. The Morgan fingerprint density at radius 2 is 2.08 bits per heavy atom. The molecule has 0 spiro atoms. The molecular weight excluding hydrogens is 318 g/mol. The van der Waals surface area contributed by atoms with Crippen LogP contribution in [-0.4, -0.2) is 44.9 Å². The van der Waals surface area contributed by atoms with Gasteiger partial charge in [0.1, 0.15) is 5.69 Å². The highest BCUT2D eigenvalue weighted by atomic mass is 16.5. The van der Waals surface area contributed by atoms with Gasteiger partial charge in [0.25, 0.3) is 5.91 Å². The number of ether oxygens (including phenoxy) is 1. The Labute approximate surface area is 148 Å². The van der Waals surface area contributed by atoms with Crippen molar-refractivity contribution >= 4 is 5.91 Å². The molecule has 3 rings (SSSR count). The van der Waals surface area contributed by atoms with Gasteiger partial charge in [0.2, 0.25) is 0 Å². The lowest BCUT2D eigenvalue weighted by Gasteiger charge is -2.26. The second kappa shape index (κ2) is 7.37. The first-order valence-electron chi connectivity index (χ1n) is 8.66. The standard InChI is InChI=1S/C19H25N3O3/c1-13-11-16-17(14(2)25-13)20-21(3)18(16)19(24)22(9-10-23)12-15-7-5-4-6-8-15/h4-8,13-14,23H,9-12H2,1-3H3/t13-,14+/m1/s1. The Hall–Kier alpha value is -2.18. The van der Waals surface area contributed by atoms with Crippen molar-refractivity contribution in [3.63, 3.8) is 0 Å². The number of amides is 1. The Bertz CT molecular complexity index is 742. The summed E-state index contributed by atoms with van der Waals surface area (Å²) in [6.45, 7) is 4.65. The molecule has 2 heterocycles. The fourth-order valence-corrected chi connectivity index (χ4v) is 3.46. The molecule has 134 valence electrons. The molecule has 1 aliphatic heterocycles. The first kappa shape index (κ1) is 17.6. The van der Waals surface area contributed by atoms with Crippen molar-refractivity contribution in [1.82, 2.24) is 14.7 Å². The number of carbonyl (C=O) groups excluding carboxylic acids is 1. The maximum Gasteiger partial charge on any atom is 0.272 e. The summed E-state index contributed by atoms with van der Waals surface area (Å²) in [4.78, 5) is 14.9. The second-order valence-corrected chi connectivity index (χ2v) is 6.56.